The highest BCUT2D eigenvalue weighted by molar-refractivity contribution is 5.07. The summed E-state index contributed by atoms with van der Waals surface area (Å²) in [5, 5.41) is 4.51. The highest BCUT2D eigenvalue weighted by atomic mass is 15.3. The number of hydrogen-bond acceptors (Lipinski definition) is 1. The molecular weight excluding hydrogens is 172 g/mol. The van der Waals surface area contributed by atoms with Crippen molar-refractivity contribution in [1.82, 2.24) is 9.78 Å². The molecule has 0 amide bonds. The van der Waals surface area contributed by atoms with E-state index in [2.05, 4.69) is 50.5 Å². The van der Waals surface area contributed by atoms with E-state index in [4.69, 9.17) is 0 Å². The van der Waals surface area contributed by atoms with Gasteiger partial charge in [-0.1, -0.05) is 20.8 Å². The molecule has 1 rings (SSSR count). The van der Waals surface area contributed by atoms with Crippen molar-refractivity contribution in [3.8, 4) is 0 Å². The van der Waals surface area contributed by atoms with Crippen LogP contribution in [-0.4, -0.2) is 9.78 Å². The second-order valence-electron chi connectivity index (χ2n) is 5.49. The van der Waals surface area contributed by atoms with Crippen LogP contribution in [0, 0.1) is 19.3 Å². The molecule has 0 N–H and O–H groups in total. The fraction of sp³-hybridized carbons (Fsp3) is 0.750. The topological polar surface area (TPSA) is 17.8 Å². The van der Waals surface area contributed by atoms with Crippen molar-refractivity contribution in [3.63, 3.8) is 0 Å². The van der Waals surface area contributed by atoms with Crippen molar-refractivity contribution in [2.75, 3.05) is 0 Å². The van der Waals surface area contributed by atoms with E-state index in [1.54, 1.807) is 0 Å². The summed E-state index contributed by atoms with van der Waals surface area (Å²) in [4.78, 5) is 0. The van der Waals surface area contributed by atoms with Gasteiger partial charge in [-0.05, 0) is 38.7 Å². The number of aromatic nitrogens is 2. The first-order valence-corrected chi connectivity index (χ1v) is 5.32. The largest absolute Gasteiger partial charge is 0.267 e. The maximum atomic E-state index is 4.51. The minimum Gasteiger partial charge on any atom is -0.267 e. The molecular formula is C12H22N2. The average Bonchev–Trinajstić information content (AvgIpc) is 2.26. The molecule has 0 aliphatic rings. The smallest absolute Gasteiger partial charge is 0.0596 e. The normalized spacial score (nSPS) is 14.4. The predicted octanol–water partition coefficient (Wildman–Crippen LogP) is 3.50. The zero-order valence-corrected chi connectivity index (χ0v) is 10.3. The SMILES string of the molecule is Cc1cc(C)n(C(C)CC(C)(C)C)n1. The van der Waals surface area contributed by atoms with E-state index in [-0.39, 0.29) is 0 Å². The first kappa shape index (κ1) is 11.3. The lowest BCUT2D eigenvalue weighted by Crippen LogP contribution is -2.16. The van der Waals surface area contributed by atoms with Crippen LogP contribution in [0.15, 0.2) is 6.07 Å². The number of aryl methyl sites for hydroxylation is 2. The second-order valence-corrected chi connectivity index (χ2v) is 5.49. The monoisotopic (exact) mass is 194 g/mol. The van der Waals surface area contributed by atoms with Gasteiger partial charge in [0.25, 0.3) is 0 Å². The second kappa shape index (κ2) is 3.76. The van der Waals surface area contributed by atoms with Crippen molar-refractivity contribution in [2.24, 2.45) is 5.41 Å². The van der Waals surface area contributed by atoms with Gasteiger partial charge in [-0.15, -0.1) is 0 Å². The molecule has 0 saturated heterocycles. The van der Waals surface area contributed by atoms with Crippen molar-refractivity contribution in [1.29, 1.82) is 0 Å². The fourth-order valence-electron chi connectivity index (χ4n) is 2.06. The highest BCUT2D eigenvalue weighted by Crippen LogP contribution is 2.27. The molecule has 14 heavy (non-hydrogen) atoms. The molecule has 0 saturated carbocycles. The van der Waals surface area contributed by atoms with Gasteiger partial charge >= 0.3 is 0 Å². The molecule has 1 unspecified atom stereocenters. The maximum absolute atomic E-state index is 4.51. The van der Waals surface area contributed by atoms with Crippen molar-refractivity contribution >= 4 is 0 Å². The Labute approximate surface area is 87.3 Å². The van der Waals surface area contributed by atoms with E-state index in [1.165, 1.54) is 5.69 Å². The van der Waals surface area contributed by atoms with Crippen molar-refractivity contribution in [2.45, 2.75) is 54.0 Å². The number of nitrogens with zero attached hydrogens (tertiary/aromatic N) is 2. The third-order valence-electron chi connectivity index (χ3n) is 2.37. The third kappa shape index (κ3) is 2.86. The molecule has 1 aromatic rings. The molecule has 0 fully saturated rings. The summed E-state index contributed by atoms with van der Waals surface area (Å²) in [5.74, 6) is 0. The molecule has 0 bridgehead atoms. The van der Waals surface area contributed by atoms with E-state index >= 15 is 0 Å². The van der Waals surface area contributed by atoms with Crippen LogP contribution in [0.5, 0.6) is 0 Å². The molecule has 0 aromatic carbocycles. The average molecular weight is 194 g/mol. The Morgan fingerprint density at radius 1 is 1.36 bits per heavy atom. The maximum Gasteiger partial charge on any atom is 0.0596 e. The first-order valence-electron chi connectivity index (χ1n) is 5.32. The van der Waals surface area contributed by atoms with Gasteiger partial charge in [-0.25, -0.2) is 0 Å². The predicted molar refractivity (Wildman–Crippen MR) is 60.5 cm³/mol. The van der Waals surface area contributed by atoms with Gasteiger partial charge in [-0.3, -0.25) is 4.68 Å². The van der Waals surface area contributed by atoms with Gasteiger partial charge in [0.05, 0.1) is 5.69 Å². The van der Waals surface area contributed by atoms with E-state index in [1.807, 2.05) is 6.92 Å². The third-order valence-corrected chi connectivity index (χ3v) is 2.37. The van der Waals surface area contributed by atoms with Crippen LogP contribution >= 0.6 is 0 Å². The van der Waals surface area contributed by atoms with Crippen molar-refractivity contribution < 1.29 is 0 Å². The van der Waals surface area contributed by atoms with Crippen LogP contribution in [-0.2, 0) is 0 Å². The summed E-state index contributed by atoms with van der Waals surface area (Å²) in [6, 6.07) is 2.63. The van der Waals surface area contributed by atoms with Gasteiger partial charge in [-0.2, -0.15) is 5.10 Å². The molecule has 1 heterocycles. The summed E-state index contributed by atoms with van der Waals surface area (Å²) >= 11 is 0. The number of rotatable bonds is 2. The van der Waals surface area contributed by atoms with Crippen molar-refractivity contribution in [3.05, 3.63) is 17.5 Å². The zero-order valence-electron chi connectivity index (χ0n) is 10.3. The molecule has 0 spiro atoms. The lowest BCUT2D eigenvalue weighted by molar-refractivity contribution is 0.290. The van der Waals surface area contributed by atoms with Crippen LogP contribution < -0.4 is 0 Å². The molecule has 1 atom stereocenters. The molecule has 0 aliphatic heterocycles. The van der Waals surface area contributed by atoms with Crippen LogP contribution in [0.2, 0.25) is 0 Å². The van der Waals surface area contributed by atoms with Gasteiger partial charge < -0.3 is 0 Å². The highest BCUT2D eigenvalue weighted by Gasteiger charge is 2.18. The Balaban J connectivity index is 2.79. The van der Waals surface area contributed by atoms with E-state index < -0.39 is 0 Å². The Bertz CT molecular complexity index is 305. The van der Waals surface area contributed by atoms with Crippen LogP contribution in [0.3, 0.4) is 0 Å². The summed E-state index contributed by atoms with van der Waals surface area (Å²) in [5.41, 5.74) is 2.74. The summed E-state index contributed by atoms with van der Waals surface area (Å²) in [6.45, 7) is 13.2. The Kier molecular flexibility index (Phi) is 3.03. The van der Waals surface area contributed by atoms with Crippen LogP contribution in [0.4, 0.5) is 0 Å². The summed E-state index contributed by atoms with van der Waals surface area (Å²) < 4.78 is 2.14. The van der Waals surface area contributed by atoms with Crippen LogP contribution in [0.1, 0.15) is 51.5 Å². The lowest BCUT2D eigenvalue weighted by Gasteiger charge is -2.24. The van der Waals surface area contributed by atoms with E-state index in [0.29, 0.717) is 11.5 Å². The minimum absolute atomic E-state index is 0.367. The first-order chi connectivity index (χ1) is 6.29. The summed E-state index contributed by atoms with van der Waals surface area (Å²) in [6.07, 6.45) is 1.16. The zero-order chi connectivity index (χ0) is 10.9. The lowest BCUT2D eigenvalue weighted by atomic mass is 9.89. The Morgan fingerprint density at radius 2 is 1.93 bits per heavy atom. The molecule has 80 valence electrons. The quantitative estimate of drug-likeness (QED) is 0.704. The number of hydrogen-bond donors (Lipinski definition) is 0. The fourth-order valence-corrected chi connectivity index (χ4v) is 2.06. The molecule has 0 radical (unpaired) electrons. The van der Waals surface area contributed by atoms with Crippen LogP contribution in [0.25, 0.3) is 0 Å². The van der Waals surface area contributed by atoms with Gasteiger partial charge in [0.1, 0.15) is 0 Å². The molecule has 2 heteroatoms. The standard InChI is InChI=1S/C12H22N2/c1-9-7-10(2)14(13-9)11(3)8-12(4,5)6/h7,11H,8H2,1-6H3. The van der Waals surface area contributed by atoms with Gasteiger partial charge in [0.2, 0.25) is 0 Å². The van der Waals surface area contributed by atoms with Gasteiger partial charge in [0, 0.05) is 11.7 Å². The summed E-state index contributed by atoms with van der Waals surface area (Å²) in [7, 11) is 0. The Morgan fingerprint density at radius 3 is 2.29 bits per heavy atom. The van der Waals surface area contributed by atoms with E-state index in [0.717, 1.165) is 12.1 Å². The molecule has 1 aromatic heterocycles. The molecule has 0 aliphatic carbocycles. The Hall–Kier alpha value is -0.790. The minimum atomic E-state index is 0.367. The van der Waals surface area contributed by atoms with E-state index in [9.17, 15) is 0 Å². The van der Waals surface area contributed by atoms with Gasteiger partial charge in [0.15, 0.2) is 0 Å². The molecule has 2 nitrogen and oxygen atoms in total.